The second kappa shape index (κ2) is 7.99. The number of aromatic nitrogens is 2. The zero-order valence-electron chi connectivity index (χ0n) is 12.0. The Bertz CT molecular complexity index is 702. The number of pyridine rings is 1. The summed E-state index contributed by atoms with van der Waals surface area (Å²) >= 11 is 1.13. The molecular formula is C14H14N4O4S. The maximum absolute atomic E-state index is 11.9. The molecule has 2 amide bonds. The van der Waals surface area contributed by atoms with Gasteiger partial charge < -0.3 is 10.4 Å². The molecule has 0 aliphatic carbocycles. The lowest BCUT2D eigenvalue weighted by Crippen LogP contribution is -2.25. The van der Waals surface area contributed by atoms with E-state index in [1.54, 1.807) is 12.1 Å². The minimum Gasteiger partial charge on any atom is -0.481 e. The van der Waals surface area contributed by atoms with Crippen LogP contribution in [0.1, 0.15) is 33.7 Å². The highest BCUT2D eigenvalue weighted by Crippen LogP contribution is 2.16. The highest BCUT2D eigenvalue weighted by atomic mass is 32.1. The van der Waals surface area contributed by atoms with Crippen molar-refractivity contribution < 1.29 is 19.5 Å². The van der Waals surface area contributed by atoms with Crippen molar-refractivity contribution in [3.05, 3.63) is 41.2 Å². The topological polar surface area (TPSA) is 121 Å². The van der Waals surface area contributed by atoms with Gasteiger partial charge in [0.1, 0.15) is 5.69 Å². The number of hydrogen-bond donors (Lipinski definition) is 3. The Morgan fingerprint density at radius 2 is 1.91 bits per heavy atom. The molecule has 8 nitrogen and oxygen atoms in total. The molecule has 2 aromatic heterocycles. The Morgan fingerprint density at radius 1 is 1.17 bits per heavy atom. The summed E-state index contributed by atoms with van der Waals surface area (Å²) in [5.74, 6) is -1.65. The summed E-state index contributed by atoms with van der Waals surface area (Å²) < 4.78 is 0. The highest BCUT2D eigenvalue weighted by Gasteiger charge is 2.13. The van der Waals surface area contributed by atoms with E-state index in [0.717, 1.165) is 11.3 Å². The summed E-state index contributed by atoms with van der Waals surface area (Å²) in [4.78, 5) is 42.0. The summed E-state index contributed by atoms with van der Waals surface area (Å²) in [6, 6.07) is 3.14. The average Bonchev–Trinajstić information content (AvgIpc) is 3.00. The standard InChI is InChI=1S/C14H14N4O4S/c19-11(20)2-1-5-16-13(22)10-8-23-14(17-10)18-12(21)9-3-6-15-7-4-9/h3-4,6-8H,1-2,5H2,(H,16,22)(H,19,20)(H,17,18,21). The van der Waals surface area contributed by atoms with Crippen LogP contribution >= 0.6 is 11.3 Å². The molecule has 2 rings (SSSR count). The summed E-state index contributed by atoms with van der Waals surface area (Å²) in [5, 5.41) is 15.5. The monoisotopic (exact) mass is 334 g/mol. The predicted molar refractivity (Wildman–Crippen MR) is 83.5 cm³/mol. The van der Waals surface area contributed by atoms with E-state index in [-0.39, 0.29) is 24.6 Å². The summed E-state index contributed by atoms with van der Waals surface area (Å²) in [7, 11) is 0. The number of nitrogens with zero attached hydrogens (tertiary/aromatic N) is 2. The normalized spacial score (nSPS) is 10.1. The van der Waals surface area contributed by atoms with E-state index in [9.17, 15) is 14.4 Å². The number of aliphatic carboxylic acids is 1. The molecule has 0 radical (unpaired) electrons. The van der Waals surface area contributed by atoms with Gasteiger partial charge in [0.2, 0.25) is 0 Å². The van der Waals surface area contributed by atoms with Crippen LogP contribution in [0, 0.1) is 0 Å². The highest BCUT2D eigenvalue weighted by molar-refractivity contribution is 7.14. The number of anilines is 1. The first-order valence-corrected chi connectivity index (χ1v) is 7.61. The van der Waals surface area contributed by atoms with E-state index >= 15 is 0 Å². The fourth-order valence-electron chi connectivity index (χ4n) is 1.64. The van der Waals surface area contributed by atoms with Gasteiger partial charge in [0.25, 0.3) is 11.8 Å². The van der Waals surface area contributed by atoms with Crippen molar-refractivity contribution in [3.63, 3.8) is 0 Å². The lowest BCUT2D eigenvalue weighted by molar-refractivity contribution is -0.137. The van der Waals surface area contributed by atoms with Crippen molar-refractivity contribution in [2.75, 3.05) is 11.9 Å². The number of rotatable bonds is 7. The number of amides is 2. The third-order valence-electron chi connectivity index (χ3n) is 2.75. The first kappa shape index (κ1) is 16.6. The quantitative estimate of drug-likeness (QED) is 0.658. The van der Waals surface area contributed by atoms with Crippen molar-refractivity contribution in [2.24, 2.45) is 0 Å². The molecule has 0 bridgehead atoms. The van der Waals surface area contributed by atoms with Gasteiger partial charge in [-0.3, -0.25) is 24.7 Å². The fraction of sp³-hybridized carbons (Fsp3) is 0.214. The van der Waals surface area contributed by atoms with Crippen LogP contribution in [0.25, 0.3) is 0 Å². The predicted octanol–water partition coefficient (Wildman–Crippen LogP) is 1.39. The molecular weight excluding hydrogens is 320 g/mol. The largest absolute Gasteiger partial charge is 0.481 e. The maximum atomic E-state index is 11.9. The van der Waals surface area contributed by atoms with Crippen LogP contribution in [-0.2, 0) is 4.79 Å². The zero-order chi connectivity index (χ0) is 16.7. The smallest absolute Gasteiger partial charge is 0.303 e. The van der Waals surface area contributed by atoms with E-state index in [4.69, 9.17) is 5.11 Å². The van der Waals surface area contributed by atoms with Gasteiger partial charge in [0.15, 0.2) is 5.13 Å². The minimum atomic E-state index is -0.908. The Kier molecular flexibility index (Phi) is 5.75. The van der Waals surface area contributed by atoms with Crippen molar-refractivity contribution in [1.82, 2.24) is 15.3 Å². The number of nitrogens with one attached hydrogen (secondary N) is 2. The van der Waals surface area contributed by atoms with Gasteiger partial charge in [-0.1, -0.05) is 0 Å². The van der Waals surface area contributed by atoms with Gasteiger partial charge in [-0.15, -0.1) is 11.3 Å². The number of carboxylic acid groups (broad SMARTS) is 1. The first-order chi connectivity index (χ1) is 11.1. The SMILES string of the molecule is O=C(O)CCCNC(=O)c1csc(NC(=O)c2ccncc2)n1. The van der Waals surface area contributed by atoms with Crippen molar-refractivity contribution in [2.45, 2.75) is 12.8 Å². The molecule has 9 heteroatoms. The van der Waals surface area contributed by atoms with Crippen LogP contribution in [0.4, 0.5) is 5.13 Å². The molecule has 2 aromatic rings. The summed E-state index contributed by atoms with van der Waals surface area (Å²) in [6.07, 6.45) is 3.35. The lowest BCUT2D eigenvalue weighted by atomic mass is 10.2. The average molecular weight is 334 g/mol. The van der Waals surface area contributed by atoms with Gasteiger partial charge >= 0.3 is 5.97 Å². The maximum Gasteiger partial charge on any atom is 0.303 e. The molecule has 23 heavy (non-hydrogen) atoms. The second-order valence-corrected chi connectivity index (χ2v) is 5.34. The molecule has 120 valence electrons. The van der Waals surface area contributed by atoms with Gasteiger partial charge in [0.05, 0.1) is 0 Å². The fourth-order valence-corrected chi connectivity index (χ4v) is 2.33. The van der Waals surface area contributed by atoms with Gasteiger partial charge in [-0.25, -0.2) is 4.98 Å². The van der Waals surface area contributed by atoms with Gasteiger partial charge in [-0.05, 0) is 18.6 Å². The molecule has 0 saturated carbocycles. The van der Waals surface area contributed by atoms with Crippen molar-refractivity contribution >= 4 is 34.3 Å². The Balaban J connectivity index is 1.86. The van der Waals surface area contributed by atoms with Crippen molar-refractivity contribution in [3.8, 4) is 0 Å². The molecule has 0 aliphatic heterocycles. The van der Waals surface area contributed by atoms with E-state index in [2.05, 4.69) is 20.6 Å². The van der Waals surface area contributed by atoms with Crippen molar-refractivity contribution in [1.29, 1.82) is 0 Å². The molecule has 0 unspecified atom stereocenters. The number of carbonyl (C=O) groups excluding carboxylic acids is 2. The number of thiazole rings is 1. The molecule has 3 N–H and O–H groups in total. The van der Waals surface area contributed by atoms with E-state index < -0.39 is 11.9 Å². The molecule has 2 heterocycles. The lowest BCUT2D eigenvalue weighted by Gasteiger charge is -2.02. The number of carbonyl (C=O) groups is 3. The first-order valence-electron chi connectivity index (χ1n) is 6.73. The van der Waals surface area contributed by atoms with Crippen LogP contribution in [-0.4, -0.2) is 39.4 Å². The van der Waals surface area contributed by atoms with Crippen LogP contribution in [0.5, 0.6) is 0 Å². The summed E-state index contributed by atoms with van der Waals surface area (Å²) in [6.45, 7) is 0.251. The van der Waals surface area contributed by atoms with Crippen LogP contribution in [0.3, 0.4) is 0 Å². The minimum absolute atomic E-state index is 0.00934. The molecule has 0 atom stereocenters. The number of hydrogen-bond acceptors (Lipinski definition) is 6. The second-order valence-electron chi connectivity index (χ2n) is 4.48. The molecule has 0 aromatic carbocycles. The molecule has 0 fully saturated rings. The van der Waals surface area contributed by atoms with E-state index in [1.807, 2.05) is 0 Å². The molecule has 0 aliphatic rings. The third-order valence-corrected chi connectivity index (χ3v) is 3.51. The molecule has 0 spiro atoms. The third kappa shape index (κ3) is 5.15. The van der Waals surface area contributed by atoms with Crippen LogP contribution in [0.2, 0.25) is 0 Å². The zero-order valence-corrected chi connectivity index (χ0v) is 12.8. The Labute approximate surface area is 135 Å². The molecule has 0 saturated heterocycles. The van der Waals surface area contributed by atoms with Gasteiger partial charge in [0, 0.05) is 36.3 Å². The van der Waals surface area contributed by atoms with Crippen LogP contribution < -0.4 is 10.6 Å². The Hall–Kier alpha value is -2.81. The Morgan fingerprint density at radius 3 is 2.61 bits per heavy atom. The van der Waals surface area contributed by atoms with E-state index in [0.29, 0.717) is 17.1 Å². The van der Waals surface area contributed by atoms with E-state index in [1.165, 1.54) is 17.8 Å². The van der Waals surface area contributed by atoms with Gasteiger partial charge in [-0.2, -0.15) is 0 Å². The van der Waals surface area contributed by atoms with Crippen LogP contribution in [0.15, 0.2) is 29.9 Å². The number of carboxylic acids is 1. The summed E-state index contributed by atoms with van der Waals surface area (Å²) in [5.41, 5.74) is 0.616.